The smallest absolute Gasteiger partial charge is 0.341 e. The number of anilines is 2. The zero-order valence-corrected chi connectivity index (χ0v) is 29.3. The van der Waals surface area contributed by atoms with Crippen LogP contribution < -0.4 is 14.9 Å². The van der Waals surface area contributed by atoms with Gasteiger partial charge in [0, 0.05) is 44.0 Å². The van der Waals surface area contributed by atoms with Gasteiger partial charge in [-0.3, -0.25) is 0 Å². The maximum absolute atomic E-state index is 14.3. The van der Waals surface area contributed by atoms with E-state index in [-0.39, 0.29) is 29.5 Å². The highest BCUT2D eigenvalue weighted by molar-refractivity contribution is 7.89. The zero-order chi connectivity index (χ0) is 34.5. The van der Waals surface area contributed by atoms with E-state index in [1.165, 1.54) is 0 Å². The van der Waals surface area contributed by atoms with Crippen molar-refractivity contribution in [1.82, 2.24) is 19.3 Å². The summed E-state index contributed by atoms with van der Waals surface area (Å²) >= 11 is 0. The first-order valence-corrected chi connectivity index (χ1v) is 18.4. The number of benzene rings is 3. The fourth-order valence-corrected chi connectivity index (χ4v) is 8.34. The normalized spacial score (nSPS) is 16.4. The molecule has 49 heavy (non-hydrogen) atoms. The van der Waals surface area contributed by atoms with Gasteiger partial charge in [-0.25, -0.2) is 22.9 Å². The van der Waals surface area contributed by atoms with E-state index in [2.05, 4.69) is 10.0 Å². The van der Waals surface area contributed by atoms with Crippen LogP contribution >= 0.6 is 0 Å². The largest absolute Gasteiger partial charge is 0.462 e. The minimum Gasteiger partial charge on any atom is -0.462 e. The van der Waals surface area contributed by atoms with Gasteiger partial charge in [0.15, 0.2) is 0 Å². The standard InChI is InChI=1S/C38H44N6O4S/c1-5-48-37(45)33-26(2)44(30-16-10-7-11-17-30)34(29-14-8-6-9-15-29)35(33)49(46,47)40-25-28-22-20-27(21-23-28)24-39-38-41-32-19-13-12-18-31(32)36(42-38)43(3)4/h6-19,27-28,40H,5,20-25H2,1-4H3,(H,39,41,42)/t27-,28-. The number of ether oxygens (including phenoxy) is 1. The Morgan fingerprint density at radius 3 is 2.14 bits per heavy atom. The number of hydrogen-bond acceptors (Lipinski definition) is 8. The summed E-state index contributed by atoms with van der Waals surface area (Å²) in [4.78, 5) is 24.9. The SMILES string of the molecule is CCOC(=O)c1c(S(=O)(=O)NC[C@H]2CC[C@H](CNc3nc(N(C)C)c4ccccc4n3)CC2)c(-c2ccccc2)n(-c2ccccc2)c1C. The van der Waals surface area contributed by atoms with Gasteiger partial charge < -0.3 is 19.5 Å². The second-order valence-electron chi connectivity index (χ2n) is 12.8. The topological polar surface area (TPSA) is 118 Å². The Morgan fingerprint density at radius 2 is 1.49 bits per heavy atom. The van der Waals surface area contributed by atoms with Crippen LogP contribution in [0.25, 0.3) is 27.8 Å². The van der Waals surface area contributed by atoms with E-state index >= 15 is 0 Å². The highest BCUT2D eigenvalue weighted by Gasteiger charge is 2.36. The van der Waals surface area contributed by atoms with Crippen molar-refractivity contribution < 1.29 is 17.9 Å². The van der Waals surface area contributed by atoms with E-state index < -0.39 is 16.0 Å². The number of nitrogens with zero attached hydrogens (tertiary/aromatic N) is 4. The molecule has 5 aromatic rings. The number of aromatic nitrogens is 3. The van der Waals surface area contributed by atoms with Crippen LogP contribution in [0.4, 0.5) is 11.8 Å². The van der Waals surface area contributed by atoms with E-state index in [0.717, 1.165) is 54.6 Å². The van der Waals surface area contributed by atoms with Crippen LogP contribution in [0, 0.1) is 18.8 Å². The van der Waals surface area contributed by atoms with E-state index in [9.17, 15) is 13.2 Å². The quantitative estimate of drug-likeness (QED) is 0.138. The Hall–Kier alpha value is -4.74. The van der Waals surface area contributed by atoms with Crippen LogP contribution in [0.5, 0.6) is 0 Å². The van der Waals surface area contributed by atoms with E-state index in [1.807, 2.05) is 108 Å². The highest BCUT2D eigenvalue weighted by Crippen LogP contribution is 2.38. The fourth-order valence-electron chi connectivity index (χ4n) is 6.78. The van der Waals surface area contributed by atoms with E-state index in [4.69, 9.17) is 14.7 Å². The van der Waals surface area contributed by atoms with Crippen LogP contribution in [0.2, 0.25) is 0 Å². The molecule has 1 aliphatic carbocycles. The monoisotopic (exact) mass is 680 g/mol. The summed E-state index contributed by atoms with van der Waals surface area (Å²) in [6.07, 6.45) is 3.69. The second kappa shape index (κ2) is 14.8. The number of esters is 1. The molecule has 1 fully saturated rings. The fraction of sp³-hybridized carbons (Fsp3) is 0.342. The summed E-state index contributed by atoms with van der Waals surface area (Å²) in [6, 6.07) is 26.8. The third-order valence-electron chi connectivity index (χ3n) is 9.26. The maximum Gasteiger partial charge on any atom is 0.341 e. The van der Waals surface area contributed by atoms with Gasteiger partial charge in [-0.1, -0.05) is 60.7 Å². The van der Waals surface area contributed by atoms with Gasteiger partial charge >= 0.3 is 5.97 Å². The van der Waals surface area contributed by atoms with Crippen molar-refractivity contribution in [2.24, 2.45) is 11.8 Å². The average molecular weight is 681 g/mol. The molecule has 3 aromatic carbocycles. The van der Waals surface area contributed by atoms with Gasteiger partial charge in [0.05, 0.1) is 17.8 Å². The highest BCUT2D eigenvalue weighted by atomic mass is 32.2. The predicted molar refractivity (Wildman–Crippen MR) is 195 cm³/mol. The molecule has 1 saturated carbocycles. The summed E-state index contributed by atoms with van der Waals surface area (Å²) in [5.74, 6) is 1.43. The molecule has 0 atom stereocenters. The van der Waals surface area contributed by atoms with Crippen molar-refractivity contribution in [1.29, 1.82) is 0 Å². The van der Waals surface area contributed by atoms with Crippen molar-refractivity contribution in [3.63, 3.8) is 0 Å². The van der Waals surface area contributed by atoms with E-state index in [0.29, 0.717) is 28.8 Å². The van der Waals surface area contributed by atoms with Crippen LogP contribution in [0.1, 0.15) is 48.7 Å². The first-order valence-electron chi connectivity index (χ1n) is 16.9. The molecule has 2 aromatic heterocycles. The molecule has 0 unspecified atom stereocenters. The molecule has 256 valence electrons. The van der Waals surface area contributed by atoms with Gasteiger partial charge in [0.1, 0.15) is 16.3 Å². The van der Waals surface area contributed by atoms with Crippen molar-refractivity contribution in [2.75, 3.05) is 44.0 Å². The molecular formula is C38H44N6O4S. The van der Waals surface area contributed by atoms with Crippen molar-refractivity contribution in [3.8, 4) is 16.9 Å². The minimum absolute atomic E-state index is 0.0520. The predicted octanol–water partition coefficient (Wildman–Crippen LogP) is 6.84. The van der Waals surface area contributed by atoms with Gasteiger partial charge in [-0.05, 0) is 81.2 Å². The van der Waals surface area contributed by atoms with Crippen LogP contribution in [0.15, 0.2) is 89.8 Å². The summed E-state index contributed by atoms with van der Waals surface area (Å²) in [7, 11) is -0.175. The van der Waals surface area contributed by atoms with Gasteiger partial charge in [-0.15, -0.1) is 0 Å². The molecule has 0 aliphatic heterocycles. The molecule has 1 aliphatic rings. The van der Waals surface area contributed by atoms with Crippen molar-refractivity contribution >= 4 is 38.7 Å². The van der Waals surface area contributed by atoms with Crippen molar-refractivity contribution in [3.05, 3.63) is 96.2 Å². The second-order valence-corrected chi connectivity index (χ2v) is 14.5. The van der Waals surface area contributed by atoms with Crippen LogP contribution in [0.3, 0.4) is 0 Å². The summed E-state index contributed by atoms with van der Waals surface area (Å²) in [5.41, 5.74) is 3.33. The molecule has 10 nitrogen and oxygen atoms in total. The molecule has 0 bridgehead atoms. The molecule has 0 amide bonds. The van der Waals surface area contributed by atoms with E-state index in [1.54, 1.807) is 13.8 Å². The van der Waals surface area contributed by atoms with Crippen LogP contribution in [-0.4, -0.2) is 62.7 Å². The third kappa shape index (κ3) is 7.33. The number of para-hydroxylation sites is 2. The van der Waals surface area contributed by atoms with Gasteiger partial charge in [0.2, 0.25) is 16.0 Å². The number of carbonyl (C=O) groups is 1. The lowest BCUT2D eigenvalue weighted by atomic mass is 9.82. The van der Waals surface area contributed by atoms with Gasteiger partial charge in [-0.2, -0.15) is 4.98 Å². The number of rotatable bonds is 12. The zero-order valence-electron chi connectivity index (χ0n) is 28.5. The first-order chi connectivity index (χ1) is 23.7. The molecule has 2 heterocycles. The molecule has 0 spiro atoms. The minimum atomic E-state index is -4.14. The Labute approximate surface area is 288 Å². The molecular weight excluding hydrogens is 637 g/mol. The Bertz CT molecular complexity index is 2020. The number of nitrogens with one attached hydrogen (secondary N) is 2. The number of fused-ring (bicyclic) bond motifs is 1. The van der Waals surface area contributed by atoms with Crippen LogP contribution in [-0.2, 0) is 14.8 Å². The van der Waals surface area contributed by atoms with Gasteiger partial charge in [0.25, 0.3) is 0 Å². The number of carbonyl (C=O) groups excluding carboxylic acids is 1. The Morgan fingerprint density at radius 1 is 0.878 bits per heavy atom. The molecule has 0 saturated heterocycles. The molecule has 0 radical (unpaired) electrons. The molecule has 11 heteroatoms. The molecule has 2 N–H and O–H groups in total. The first kappa shape index (κ1) is 34.1. The Kier molecular flexibility index (Phi) is 10.3. The summed E-state index contributed by atoms with van der Waals surface area (Å²) in [5, 5.41) is 4.47. The Balaban J connectivity index is 1.19. The lowest BCUT2D eigenvalue weighted by Crippen LogP contribution is -2.33. The third-order valence-corrected chi connectivity index (χ3v) is 10.7. The summed E-state index contributed by atoms with van der Waals surface area (Å²) in [6.45, 7) is 4.65. The maximum atomic E-state index is 14.3. The van der Waals surface area contributed by atoms with Crippen molar-refractivity contribution in [2.45, 2.75) is 44.4 Å². The average Bonchev–Trinajstić information content (AvgIpc) is 3.44. The lowest BCUT2D eigenvalue weighted by molar-refractivity contribution is 0.0521. The number of hydrogen-bond donors (Lipinski definition) is 2. The lowest BCUT2D eigenvalue weighted by Gasteiger charge is -2.29. The molecule has 6 rings (SSSR count). The summed E-state index contributed by atoms with van der Waals surface area (Å²) < 4.78 is 38.8. The number of sulfonamides is 1.